The van der Waals surface area contributed by atoms with Crippen molar-refractivity contribution in [1.82, 2.24) is 8.61 Å². The van der Waals surface area contributed by atoms with Crippen LogP contribution in [0.1, 0.15) is 12.8 Å². The van der Waals surface area contributed by atoms with Crippen LogP contribution in [0, 0.1) is 11.8 Å². The number of aliphatic hydroxyl groups is 1. The van der Waals surface area contributed by atoms with Gasteiger partial charge in [0.25, 0.3) is 10.2 Å². The van der Waals surface area contributed by atoms with Crippen molar-refractivity contribution in [3.8, 4) is 0 Å². The van der Waals surface area contributed by atoms with Gasteiger partial charge in [-0.25, -0.2) is 0 Å². The van der Waals surface area contributed by atoms with Gasteiger partial charge in [-0.15, -0.1) is 0 Å². The Kier molecular flexibility index (Phi) is 3.90. The molecule has 7 nitrogen and oxygen atoms in total. The molecule has 0 radical (unpaired) electrons. The first-order chi connectivity index (χ1) is 8.45. The fourth-order valence-corrected chi connectivity index (χ4v) is 4.20. The van der Waals surface area contributed by atoms with Gasteiger partial charge in [0.2, 0.25) is 0 Å². The number of aliphatic carboxylic acids is 1. The lowest BCUT2D eigenvalue weighted by atomic mass is 10.0. The van der Waals surface area contributed by atoms with E-state index in [0.717, 1.165) is 0 Å². The van der Waals surface area contributed by atoms with Gasteiger partial charge in [0.15, 0.2) is 0 Å². The van der Waals surface area contributed by atoms with Crippen LogP contribution in [0.2, 0.25) is 0 Å². The van der Waals surface area contributed by atoms with Crippen LogP contribution in [0.25, 0.3) is 0 Å². The van der Waals surface area contributed by atoms with Gasteiger partial charge in [-0.1, -0.05) is 0 Å². The topological polar surface area (TPSA) is 98.2 Å². The van der Waals surface area contributed by atoms with Gasteiger partial charge in [-0.2, -0.15) is 17.0 Å². The van der Waals surface area contributed by atoms with E-state index >= 15 is 0 Å². The van der Waals surface area contributed by atoms with Crippen molar-refractivity contribution in [2.45, 2.75) is 12.8 Å². The van der Waals surface area contributed by atoms with Gasteiger partial charge < -0.3 is 10.2 Å². The molecule has 1 atom stereocenters. The Morgan fingerprint density at radius 3 is 2.44 bits per heavy atom. The number of carbonyl (C=O) groups is 1. The van der Waals surface area contributed by atoms with E-state index in [1.54, 1.807) is 0 Å². The molecule has 2 heterocycles. The quantitative estimate of drug-likeness (QED) is 0.684. The van der Waals surface area contributed by atoms with Crippen LogP contribution in [-0.2, 0) is 15.0 Å². The molecule has 0 aromatic rings. The molecule has 0 aromatic heterocycles. The first-order valence-corrected chi connectivity index (χ1v) is 7.43. The van der Waals surface area contributed by atoms with E-state index in [2.05, 4.69) is 0 Å². The van der Waals surface area contributed by atoms with Gasteiger partial charge in [0, 0.05) is 38.7 Å². The first kappa shape index (κ1) is 13.7. The Labute approximate surface area is 106 Å². The van der Waals surface area contributed by atoms with Crippen molar-refractivity contribution < 1.29 is 23.4 Å². The van der Waals surface area contributed by atoms with Crippen molar-refractivity contribution in [2.75, 3.05) is 32.8 Å². The van der Waals surface area contributed by atoms with E-state index in [1.165, 1.54) is 8.61 Å². The predicted octanol–water partition coefficient (Wildman–Crippen LogP) is -1.05. The Morgan fingerprint density at radius 1 is 1.22 bits per heavy atom. The molecule has 2 saturated heterocycles. The molecule has 8 heteroatoms. The number of carboxylic acids is 1. The average molecular weight is 278 g/mol. The number of carboxylic acid groups (broad SMARTS) is 1. The molecule has 2 N–H and O–H groups in total. The molecule has 18 heavy (non-hydrogen) atoms. The second kappa shape index (κ2) is 5.12. The lowest BCUT2D eigenvalue weighted by Crippen LogP contribution is -2.57. The van der Waals surface area contributed by atoms with Crippen LogP contribution >= 0.6 is 0 Å². The number of hydrogen-bond donors (Lipinski definition) is 2. The minimum Gasteiger partial charge on any atom is -0.481 e. The number of aliphatic hydroxyl groups excluding tert-OH is 1. The summed E-state index contributed by atoms with van der Waals surface area (Å²) >= 11 is 0. The summed E-state index contributed by atoms with van der Waals surface area (Å²) in [7, 11) is -3.54. The first-order valence-electron chi connectivity index (χ1n) is 6.04. The molecule has 0 aliphatic carbocycles. The zero-order valence-corrected chi connectivity index (χ0v) is 10.8. The van der Waals surface area contributed by atoms with E-state index in [9.17, 15) is 13.2 Å². The molecule has 0 saturated carbocycles. The maximum Gasteiger partial charge on any atom is 0.307 e. The highest BCUT2D eigenvalue weighted by Crippen LogP contribution is 2.26. The Balaban J connectivity index is 2.00. The summed E-state index contributed by atoms with van der Waals surface area (Å²) in [5, 5.41) is 17.8. The summed E-state index contributed by atoms with van der Waals surface area (Å²) < 4.78 is 26.9. The smallest absolute Gasteiger partial charge is 0.307 e. The Bertz CT molecular complexity index is 418. The van der Waals surface area contributed by atoms with Crippen LogP contribution in [0.3, 0.4) is 0 Å². The van der Waals surface area contributed by atoms with Crippen LogP contribution in [-0.4, -0.2) is 66.0 Å². The molecule has 0 amide bonds. The predicted molar refractivity (Wildman–Crippen MR) is 63.0 cm³/mol. The number of piperidine rings is 1. The van der Waals surface area contributed by atoms with Crippen molar-refractivity contribution in [3.63, 3.8) is 0 Å². The van der Waals surface area contributed by atoms with Crippen molar-refractivity contribution in [3.05, 3.63) is 0 Å². The SMILES string of the molecule is O=C(O)C1CCCN(S(=O)(=O)N2CC(CO)C2)C1. The van der Waals surface area contributed by atoms with Crippen LogP contribution < -0.4 is 0 Å². The van der Waals surface area contributed by atoms with Gasteiger partial charge in [-0.3, -0.25) is 4.79 Å². The van der Waals surface area contributed by atoms with E-state index < -0.39 is 22.1 Å². The summed E-state index contributed by atoms with van der Waals surface area (Å²) in [6, 6.07) is 0. The number of rotatable bonds is 4. The van der Waals surface area contributed by atoms with Crippen molar-refractivity contribution in [2.24, 2.45) is 11.8 Å². The Morgan fingerprint density at radius 2 is 1.89 bits per heavy atom. The molecule has 0 bridgehead atoms. The standard InChI is InChI=1S/C10H18N2O5S/c13-7-8-4-12(5-8)18(16,17)11-3-1-2-9(6-11)10(14)15/h8-9,13H,1-7H2,(H,14,15). The largest absolute Gasteiger partial charge is 0.481 e. The zero-order valence-electron chi connectivity index (χ0n) is 10.0. The van der Waals surface area contributed by atoms with Gasteiger partial charge >= 0.3 is 5.97 Å². The molecule has 0 aromatic carbocycles. The highest BCUT2D eigenvalue weighted by atomic mass is 32.2. The summed E-state index contributed by atoms with van der Waals surface area (Å²) in [6.45, 7) is 1.08. The summed E-state index contributed by atoms with van der Waals surface area (Å²) in [6.07, 6.45) is 1.11. The second-order valence-electron chi connectivity index (χ2n) is 4.91. The lowest BCUT2D eigenvalue weighted by molar-refractivity contribution is -0.142. The summed E-state index contributed by atoms with van der Waals surface area (Å²) in [5.74, 6) is -1.53. The second-order valence-corrected chi connectivity index (χ2v) is 6.84. The normalized spacial score (nSPS) is 27.9. The lowest BCUT2D eigenvalue weighted by Gasteiger charge is -2.41. The Hall–Kier alpha value is -0.700. The maximum atomic E-state index is 12.2. The summed E-state index contributed by atoms with van der Waals surface area (Å²) in [4.78, 5) is 10.9. The van der Waals surface area contributed by atoms with E-state index in [4.69, 9.17) is 10.2 Å². The molecule has 2 aliphatic heterocycles. The molecule has 104 valence electrons. The third kappa shape index (κ3) is 2.51. The third-order valence-corrected chi connectivity index (χ3v) is 5.50. The highest BCUT2D eigenvalue weighted by molar-refractivity contribution is 7.86. The van der Waals surface area contributed by atoms with E-state index in [1.807, 2.05) is 0 Å². The molecule has 2 fully saturated rings. The monoisotopic (exact) mass is 278 g/mol. The van der Waals surface area contributed by atoms with Crippen molar-refractivity contribution in [1.29, 1.82) is 0 Å². The molecule has 2 rings (SSSR count). The maximum absolute atomic E-state index is 12.2. The zero-order chi connectivity index (χ0) is 13.3. The minimum absolute atomic E-state index is 0.0101. The molecule has 1 unspecified atom stereocenters. The van der Waals surface area contributed by atoms with Gasteiger partial charge in [-0.05, 0) is 12.8 Å². The molecule has 2 aliphatic rings. The average Bonchev–Trinajstić information content (AvgIpc) is 2.27. The molecular weight excluding hydrogens is 260 g/mol. The number of nitrogens with zero attached hydrogens (tertiary/aromatic N) is 2. The number of hydrogen-bond acceptors (Lipinski definition) is 4. The molecular formula is C10H18N2O5S. The van der Waals surface area contributed by atoms with Crippen molar-refractivity contribution >= 4 is 16.2 Å². The van der Waals surface area contributed by atoms with Crippen LogP contribution in [0.15, 0.2) is 0 Å². The fourth-order valence-electron chi connectivity index (χ4n) is 2.34. The fraction of sp³-hybridized carbons (Fsp3) is 0.900. The van der Waals surface area contributed by atoms with E-state index in [0.29, 0.717) is 32.5 Å². The van der Waals surface area contributed by atoms with Crippen LogP contribution in [0.5, 0.6) is 0 Å². The third-order valence-electron chi connectivity index (χ3n) is 3.57. The van der Waals surface area contributed by atoms with Gasteiger partial charge in [0.1, 0.15) is 0 Å². The van der Waals surface area contributed by atoms with Crippen LogP contribution in [0.4, 0.5) is 0 Å². The minimum atomic E-state index is -3.54. The van der Waals surface area contributed by atoms with Gasteiger partial charge in [0.05, 0.1) is 5.92 Å². The molecule has 0 spiro atoms. The highest BCUT2D eigenvalue weighted by Gasteiger charge is 2.41. The van der Waals surface area contributed by atoms with E-state index in [-0.39, 0.29) is 19.1 Å². The summed E-state index contributed by atoms with van der Waals surface area (Å²) in [5.41, 5.74) is 0.